The van der Waals surface area contributed by atoms with Crippen LogP contribution < -0.4 is 5.32 Å². The van der Waals surface area contributed by atoms with Crippen LogP contribution in [0.15, 0.2) is 24.3 Å². The first-order valence-electron chi connectivity index (χ1n) is 9.56. The van der Waals surface area contributed by atoms with Crippen LogP contribution in [0.5, 0.6) is 0 Å². The SMILES string of the molecule is CCC(C)(C)[C@@H]1CCc2c(sc(NC(=O)c3cccc(Cl)c3)c2C(=O)OC)C1. The third-order valence-corrected chi connectivity index (χ3v) is 7.39. The largest absolute Gasteiger partial charge is 0.465 e. The summed E-state index contributed by atoms with van der Waals surface area (Å²) < 4.78 is 5.02. The van der Waals surface area contributed by atoms with Crippen LogP contribution in [-0.4, -0.2) is 19.0 Å². The molecule has 1 atom stereocenters. The van der Waals surface area contributed by atoms with E-state index in [4.69, 9.17) is 16.3 Å². The fraction of sp³-hybridized carbons (Fsp3) is 0.455. The Kier molecular flexibility index (Phi) is 6.15. The van der Waals surface area contributed by atoms with Crippen molar-refractivity contribution in [1.82, 2.24) is 0 Å². The van der Waals surface area contributed by atoms with Gasteiger partial charge in [0.25, 0.3) is 5.91 Å². The number of hydrogen-bond donors (Lipinski definition) is 1. The van der Waals surface area contributed by atoms with E-state index in [1.165, 1.54) is 23.3 Å². The predicted octanol–water partition coefficient (Wildman–Crippen LogP) is 5.98. The van der Waals surface area contributed by atoms with Crippen molar-refractivity contribution in [2.24, 2.45) is 11.3 Å². The van der Waals surface area contributed by atoms with Crippen molar-refractivity contribution in [3.05, 3.63) is 50.9 Å². The highest BCUT2D eigenvalue weighted by molar-refractivity contribution is 7.17. The number of nitrogens with one attached hydrogen (secondary N) is 1. The summed E-state index contributed by atoms with van der Waals surface area (Å²) in [6.45, 7) is 6.83. The normalized spacial score (nSPS) is 16.4. The fourth-order valence-electron chi connectivity index (χ4n) is 3.75. The standard InChI is InChI=1S/C22H26ClNO3S/c1-5-22(2,3)14-9-10-16-17(12-14)28-20(18(16)21(26)27-4)24-19(25)13-7-6-8-15(23)11-13/h6-8,11,14H,5,9-10,12H2,1-4H3,(H,24,25)/t14-/m1/s1. The van der Waals surface area contributed by atoms with Gasteiger partial charge in [0, 0.05) is 15.5 Å². The number of benzene rings is 1. The van der Waals surface area contributed by atoms with Crippen molar-refractivity contribution in [2.45, 2.75) is 46.5 Å². The topological polar surface area (TPSA) is 55.4 Å². The molecule has 1 N–H and O–H groups in total. The number of carbonyl (C=O) groups excluding carboxylic acids is 2. The maximum Gasteiger partial charge on any atom is 0.341 e. The molecule has 0 aliphatic heterocycles. The number of halogens is 1. The average molecular weight is 420 g/mol. The summed E-state index contributed by atoms with van der Waals surface area (Å²) in [5, 5.41) is 3.98. The monoisotopic (exact) mass is 419 g/mol. The first-order valence-corrected chi connectivity index (χ1v) is 10.8. The number of anilines is 1. The lowest BCUT2D eigenvalue weighted by atomic mass is 9.69. The van der Waals surface area contributed by atoms with Gasteiger partial charge >= 0.3 is 5.97 Å². The molecule has 0 bridgehead atoms. The van der Waals surface area contributed by atoms with Gasteiger partial charge in [0.2, 0.25) is 0 Å². The van der Waals surface area contributed by atoms with Crippen LogP contribution in [0.2, 0.25) is 5.02 Å². The predicted molar refractivity (Wildman–Crippen MR) is 115 cm³/mol. The van der Waals surface area contributed by atoms with Gasteiger partial charge in [0.15, 0.2) is 0 Å². The van der Waals surface area contributed by atoms with Crippen LogP contribution in [0, 0.1) is 11.3 Å². The van der Waals surface area contributed by atoms with E-state index in [0.29, 0.717) is 27.1 Å². The number of methoxy groups -OCH3 is 1. The summed E-state index contributed by atoms with van der Waals surface area (Å²) in [5.41, 5.74) is 2.24. The molecule has 1 aromatic carbocycles. The van der Waals surface area contributed by atoms with E-state index in [1.54, 1.807) is 24.3 Å². The lowest BCUT2D eigenvalue weighted by Crippen LogP contribution is -2.28. The van der Waals surface area contributed by atoms with Gasteiger partial charge in [-0.25, -0.2) is 4.79 Å². The smallest absolute Gasteiger partial charge is 0.341 e. The Bertz CT molecular complexity index is 903. The minimum atomic E-state index is -0.396. The Balaban J connectivity index is 1.94. The Hall–Kier alpha value is -1.85. The Morgan fingerprint density at radius 1 is 1.36 bits per heavy atom. The van der Waals surface area contributed by atoms with E-state index in [2.05, 4.69) is 26.1 Å². The number of carbonyl (C=O) groups is 2. The molecule has 1 heterocycles. The minimum absolute atomic E-state index is 0.247. The highest BCUT2D eigenvalue weighted by atomic mass is 35.5. The molecule has 0 fully saturated rings. The maximum absolute atomic E-state index is 12.7. The first kappa shape index (κ1) is 20.9. The van der Waals surface area contributed by atoms with Crippen molar-refractivity contribution in [3.63, 3.8) is 0 Å². The van der Waals surface area contributed by atoms with Gasteiger partial charge in [-0.05, 0) is 54.4 Å². The highest BCUT2D eigenvalue weighted by Crippen LogP contribution is 2.45. The zero-order valence-corrected chi connectivity index (χ0v) is 18.3. The molecular formula is C22H26ClNO3S. The second-order valence-electron chi connectivity index (χ2n) is 7.95. The number of hydrogen-bond acceptors (Lipinski definition) is 4. The number of fused-ring (bicyclic) bond motifs is 1. The summed E-state index contributed by atoms with van der Waals surface area (Å²) in [6, 6.07) is 6.77. The molecule has 0 saturated heterocycles. The van der Waals surface area contributed by atoms with Gasteiger partial charge in [-0.15, -0.1) is 11.3 Å². The lowest BCUT2D eigenvalue weighted by molar-refractivity contribution is 0.0600. The molecule has 0 spiro atoms. The number of amides is 1. The molecule has 150 valence electrons. The van der Waals surface area contributed by atoms with E-state index >= 15 is 0 Å². The van der Waals surface area contributed by atoms with Gasteiger partial charge in [-0.2, -0.15) is 0 Å². The molecule has 28 heavy (non-hydrogen) atoms. The number of esters is 1. The third kappa shape index (κ3) is 4.11. The molecule has 1 amide bonds. The molecule has 4 nitrogen and oxygen atoms in total. The van der Waals surface area contributed by atoms with E-state index in [1.807, 2.05) is 0 Å². The minimum Gasteiger partial charge on any atom is -0.465 e. The van der Waals surface area contributed by atoms with Crippen molar-refractivity contribution >= 4 is 39.8 Å². The molecular weight excluding hydrogens is 394 g/mol. The quantitative estimate of drug-likeness (QED) is 0.606. The van der Waals surface area contributed by atoms with E-state index in [9.17, 15) is 9.59 Å². The molecule has 3 rings (SSSR count). The van der Waals surface area contributed by atoms with Gasteiger partial charge < -0.3 is 10.1 Å². The van der Waals surface area contributed by atoms with Crippen molar-refractivity contribution in [1.29, 1.82) is 0 Å². The Morgan fingerprint density at radius 3 is 2.75 bits per heavy atom. The molecule has 0 saturated carbocycles. The second-order valence-corrected chi connectivity index (χ2v) is 9.49. The highest BCUT2D eigenvalue weighted by Gasteiger charge is 2.35. The molecule has 6 heteroatoms. The van der Waals surface area contributed by atoms with E-state index in [0.717, 1.165) is 31.2 Å². The average Bonchev–Trinajstić information content (AvgIpc) is 3.04. The molecule has 1 aromatic heterocycles. The zero-order chi connectivity index (χ0) is 20.5. The first-order chi connectivity index (χ1) is 13.3. The van der Waals surface area contributed by atoms with Crippen molar-refractivity contribution in [2.75, 3.05) is 12.4 Å². The van der Waals surface area contributed by atoms with Crippen LogP contribution in [-0.2, 0) is 17.6 Å². The summed E-state index contributed by atoms with van der Waals surface area (Å²) in [6.07, 6.45) is 3.91. The maximum atomic E-state index is 12.7. The van der Waals surface area contributed by atoms with Gasteiger partial charge in [0.05, 0.1) is 12.7 Å². The summed E-state index contributed by atoms with van der Waals surface area (Å²) in [4.78, 5) is 26.4. The van der Waals surface area contributed by atoms with Gasteiger partial charge in [-0.1, -0.05) is 44.9 Å². The van der Waals surface area contributed by atoms with Crippen molar-refractivity contribution in [3.8, 4) is 0 Å². The van der Waals surface area contributed by atoms with Crippen molar-refractivity contribution < 1.29 is 14.3 Å². The van der Waals surface area contributed by atoms with Gasteiger partial charge in [0.1, 0.15) is 5.00 Å². The van der Waals surface area contributed by atoms with Gasteiger partial charge in [-0.3, -0.25) is 4.79 Å². The molecule has 0 radical (unpaired) electrons. The molecule has 2 aromatic rings. The summed E-state index contributed by atoms with van der Waals surface area (Å²) in [7, 11) is 1.38. The number of thiophene rings is 1. The second kappa shape index (κ2) is 8.26. The fourth-order valence-corrected chi connectivity index (χ4v) is 5.25. The Morgan fingerprint density at radius 2 is 2.11 bits per heavy atom. The summed E-state index contributed by atoms with van der Waals surface area (Å²) >= 11 is 7.50. The lowest BCUT2D eigenvalue weighted by Gasteiger charge is -2.36. The van der Waals surface area contributed by atoms with Crippen LogP contribution in [0.4, 0.5) is 5.00 Å². The Labute approximate surface area is 175 Å². The third-order valence-electron chi connectivity index (χ3n) is 5.99. The molecule has 1 aliphatic carbocycles. The van der Waals surface area contributed by atoms with Crippen LogP contribution >= 0.6 is 22.9 Å². The number of rotatable bonds is 5. The molecule has 0 unspecified atom stereocenters. The zero-order valence-electron chi connectivity index (χ0n) is 16.7. The van der Waals surface area contributed by atoms with Crippen LogP contribution in [0.25, 0.3) is 0 Å². The van der Waals surface area contributed by atoms with Crippen LogP contribution in [0.3, 0.4) is 0 Å². The van der Waals surface area contributed by atoms with E-state index in [-0.39, 0.29) is 11.3 Å². The van der Waals surface area contributed by atoms with E-state index < -0.39 is 5.97 Å². The molecule has 1 aliphatic rings. The number of ether oxygens (including phenoxy) is 1. The summed E-state index contributed by atoms with van der Waals surface area (Å²) in [5.74, 6) is -0.116. The van der Waals surface area contributed by atoms with Crippen LogP contribution in [0.1, 0.15) is 64.8 Å².